The zero-order chi connectivity index (χ0) is 11.7. The van der Waals surface area contributed by atoms with Gasteiger partial charge in [-0.2, -0.15) is 5.26 Å². The third-order valence-corrected chi connectivity index (χ3v) is 2.58. The van der Waals surface area contributed by atoms with Gasteiger partial charge in [0.15, 0.2) is 5.69 Å². The van der Waals surface area contributed by atoms with Crippen molar-refractivity contribution in [3.8, 4) is 6.07 Å². The lowest BCUT2D eigenvalue weighted by molar-refractivity contribution is 0.391. The lowest BCUT2D eigenvalue weighted by Crippen LogP contribution is -2.05. The van der Waals surface area contributed by atoms with Gasteiger partial charge in [-0.15, -0.1) is 5.10 Å². The molecule has 0 aliphatic heterocycles. The summed E-state index contributed by atoms with van der Waals surface area (Å²) >= 11 is 0. The molecule has 0 saturated heterocycles. The molecule has 0 aliphatic rings. The molecule has 0 amide bonds. The van der Waals surface area contributed by atoms with Crippen LogP contribution in [-0.2, 0) is 6.54 Å². The number of hydrogen-bond acceptors (Lipinski definition) is 5. The number of aryl methyl sites for hydroxylation is 2. The maximum Gasteiger partial charge on any atom is 0.185 e. The molecule has 0 saturated carbocycles. The molecule has 0 aliphatic carbocycles. The van der Waals surface area contributed by atoms with Crippen molar-refractivity contribution >= 4 is 0 Å². The van der Waals surface area contributed by atoms with Crippen molar-refractivity contribution < 1.29 is 4.52 Å². The van der Waals surface area contributed by atoms with Crippen molar-refractivity contribution in [3.05, 3.63) is 28.4 Å². The van der Waals surface area contributed by atoms with Gasteiger partial charge in [-0.3, -0.25) is 0 Å². The van der Waals surface area contributed by atoms with Crippen LogP contribution in [0, 0.1) is 32.1 Å². The molecule has 0 atom stereocenters. The van der Waals surface area contributed by atoms with E-state index in [0.29, 0.717) is 12.2 Å². The number of rotatable bonds is 2. The van der Waals surface area contributed by atoms with Crippen LogP contribution in [0.2, 0.25) is 0 Å². The molecule has 0 spiro atoms. The van der Waals surface area contributed by atoms with Crippen LogP contribution in [0.1, 0.15) is 28.4 Å². The Balaban J connectivity index is 2.35. The zero-order valence-electron chi connectivity index (χ0n) is 9.35. The molecule has 2 rings (SSSR count). The molecular formula is C10H11N5O. The highest BCUT2D eigenvalue weighted by atomic mass is 16.5. The van der Waals surface area contributed by atoms with E-state index in [2.05, 4.69) is 15.5 Å². The minimum absolute atomic E-state index is 0.353. The molecule has 0 N–H and O–H groups in total. The fourth-order valence-electron chi connectivity index (χ4n) is 1.49. The summed E-state index contributed by atoms with van der Waals surface area (Å²) in [6, 6.07) is 1.99. The first-order chi connectivity index (χ1) is 7.63. The Morgan fingerprint density at radius 1 is 1.38 bits per heavy atom. The summed E-state index contributed by atoms with van der Waals surface area (Å²) in [7, 11) is 0. The Bertz CT molecular complexity index is 541. The Morgan fingerprint density at radius 2 is 2.12 bits per heavy atom. The van der Waals surface area contributed by atoms with Crippen LogP contribution in [0.5, 0.6) is 0 Å². The third kappa shape index (κ3) is 1.56. The van der Waals surface area contributed by atoms with E-state index in [0.717, 1.165) is 22.7 Å². The van der Waals surface area contributed by atoms with Gasteiger partial charge in [0.1, 0.15) is 11.8 Å². The van der Waals surface area contributed by atoms with Gasteiger partial charge in [-0.1, -0.05) is 10.4 Å². The molecule has 0 unspecified atom stereocenters. The van der Waals surface area contributed by atoms with Gasteiger partial charge < -0.3 is 4.52 Å². The topological polar surface area (TPSA) is 80.5 Å². The van der Waals surface area contributed by atoms with Crippen LogP contribution >= 0.6 is 0 Å². The average Bonchev–Trinajstić information content (AvgIpc) is 2.77. The number of nitriles is 1. The molecule has 16 heavy (non-hydrogen) atoms. The Hall–Kier alpha value is -2.16. The van der Waals surface area contributed by atoms with Crippen molar-refractivity contribution in [3.63, 3.8) is 0 Å². The molecule has 0 bridgehead atoms. The van der Waals surface area contributed by atoms with Gasteiger partial charge in [0, 0.05) is 5.56 Å². The highest BCUT2D eigenvalue weighted by Gasteiger charge is 2.13. The lowest BCUT2D eigenvalue weighted by Gasteiger charge is -2.01. The van der Waals surface area contributed by atoms with Gasteiger partial charge >= 0.3 is 0 Å². The maximum atomic E-state index is 8.77. The van der Waals surface area contributed by atoms with Gasteiger partial charge in [0.25, 0.3) is 0 Å². The summed E-state index contributed by atoms with van der Waals surface area (Å²) in [5.41, 5.74) is 2.93. The first-order valence-corrected chi connectivity index (χ1v) is 4.85. The highest BCUT2D eigenvalue weighted by Crippen LogP contribution is 2.14. The van der Waals surface area contributed by atoms with Crippen molar-refractivity contribution in [1.82, 2.24) is 20.2 Å². The van der Waals surface area contributed by atoms with Gasteiger partial charge in [-0.05, 0) is 20.8 Å². The van der Waals surface area contributed by atoms with E-state index >= 15 is 0 Å². The second-order valence-corrected chi connectivity index (χ2v) is 3.60. The standard InChI is InChI=1S/C10H11N5O/c1-6-9(8(3)16-13-6)5-15-7(2)10(4-11)12-14-15/h5H2,1-3H3. The van der Waals surface area contributed by atoms with E-state index in [9.17, 15) is 0 Å². The largest absolute Gasteiger partial charge is 0.361 e. The van der Waals surface area contributed by atoms with E-state index in [-0.39, 0.29) is 0 Å². The molecule has 6 nitrogen and oxygen atoms in total. The van der Waals surface area contributed by atoms with Crippen molar-refractivity contribution in [2.45, 2.75) is 27.3 Å². The average molecular weight is 217 g/mol. The van der Waals surface area contributed by atoms with Gasteiger partial charge in [0.05, 0.1) is 17.9 Å². The predicted octanol–water partition coefficient (Wildman–Crippen LogP) is 1.11. The number of nitrogens with zero attached hydrogens (tertiary/aromatic N) is 5. The van der Waals surface area contributed by atoms with Crippen molar-refractivity contribution in [2.75, 3.05) is 0 Å². The second-order valence-electron chi connectivity index (χ2n) is 3.60. The first-order valence-electron chi connectivity index (χ1n) is 4.85. The molecule has 2 aromatic heterocycles. The van der Waals surface area contributed by atoms with Gasteiger partial charge in [-0.25, -0.2) is 4.68 Å². The Kier molecular flexibility index (Phi) is 2.44. The summed E-state index contributed by atoms with van der Waals surface area (Å²) in [4.78, 5) is 0. The molecule has 82 valence electrons. The third-order valence-electron chi connectivity index (χ3n) is 2.58. The summed E-state index contributed by atoms with van der Waals surface area (Å²) in [6.07, 6.45) is 0. The molecule has 0 fully saturated rings. The van der Waals surface area contributed by atoms with Crippen LogP contribution in [0.15, 0.2) is 4.52 Å². The molecule has 0 aromatic carbocycles. The number of aromatic nitrogens is 4. The quantitative estimate of drug-likeness (QED) is 0.752. The van der Waals surface area contributed by atoms with E-state index in [4.69, 9.17) is 9.78 Å². The van der Waals surface area contributed by atoms with Crippen LogP contribution in [-0.4, -0.2) is 20.2 Å². The molecule has 0 radical (unpaired) electrons. The molecular weight excluding hydrogens is 206 g/mol. The van der Waals surface area contributed by atoms with Crippen molar-refractivity contribution in [2.24, 2.45) is 0 Å². The van der Waals surface area contributed by atoms with Gasteiger partial charge in [0.2, 0.25) is 0 Å². The van der Waals surface area contributed by atoms with Crippen LogP contribution in [0.25, 0.3) is 0 Å². The second kappa shape index (κ2) is 3.77. The lowest BCUT2D eigenvalue weighted by atomic mass is 10.2. The van der Waals surface area contributed by atoms with Crippen LogP contribution < -0.4 is 0 Å². The Morgan fingerprint density at radius 3 is 2.62 bits per heavy atom. The molecule has 2 aromatic rings. The van der Waals surface area contributed by atoms with E-state index in [1.807, 2.05) is 26.8 Å². The van der Waals surface area contributed by atoms with Crippen molar-refractivity contribution in [1.29, 1.82) is 5.26 Å². The van der Waals surface area contributed by atoms with E-state index in [1.165, 1.54) is 0 Å². The summed E-state index contributed by atoms with van der Waals surface area (Å²) < 4.78 is 6.74. The smallest absolute Gasteiger partial charge is 0.185 e. The first kappa shape index (κ1) is 10.4. The molecule has 6 heteroatoms. The minimum Gasteiger partial charge on any atom is -0.361 e. The zero-order valence-corrected chi connectivity index (χ0v) is 9.35. The summed E-state index contributed by atoms with van der Waals surface area (Å²) in [6.45, 7) is 6.08. The summed E-state index contributed by atoms with van der Waals surface area (Å²) in [5, 5.41) is 20.3. The Labute approximate surface area is 92.5 Å². The number of hydrogen-bond donors (Lipinski definition) is 0. The minimum atomic E-state index is 0.353. The fraction of sp³-hybridized carbons (Fsp3) is 0.400. The summed E-state index contributed by atoms with van der Waals surface area (Å²) in [5.74, 6) is 0.769. The predicted molar refractivity (Wildman–Crippen MR) is 54.6 cm³/mol. The van der Waals surface area contributed by atoms with Crippen LogP contribution in [0.3, 0.4) is 0 Å². The SMILES string of the molecule is Cc1noc(C)c1Cn1nnc(C#N)c1C. The van der Waals surface area contributed by atoms with E-state index in [1.54, 1.807) is 4.68 Å². The monoisotopic (exact) mass is 217 g/mol. The maximum absolute atomic E-state index is 8.77. The fourth-order valence-corrected chi connectivity index (χ4v) is 1.49. The van der Waals surface area contributed by atoms with Crippen LogP contribution in [0.4, 0.5) is 0 Å². The van der Waals surface area contributed by atoms with E-state index < -0.39 is 0 Å². The highest BCUT2D eigenvalue weighted by molar-refractivity contribution is 5.26. The normalized spacial score (nSPS) is 10.4. The molecule has 2 heterocycles.